The Morgan fingerprint density at radius 2 is 1.83 bits per heavy atom. The number of amides is 2. The molecule has 1 aromatic heterocycles. The first-order valence-corrected chi connectivity index (χ1v) is 9.80. The summed E-state index contributed by atoms with van der Waals surface area (Å²) in [5.41, 5.74) is 3.88. The standard InChI is InChI=1S/C22H24ClN3O3/c1-14-10-16-12-17(21(28)25-20(16)11-15(14)2)13-26(8-3-9-27)22(29)24-19-6-4-18(23)5-7-19/h4-7,10-12,27H,3,8-9,13H2,1-2H3,(H,24,29)(H,25,28). The molecule has 0 saturated carbocycles. The van der Waals surface area contributed by atoms with Crippen LogP contribution in [0.2, 0.25) is 5.02 Å². The lowest BCUT2D eigenvalue weighted by Crippen LogP contribution is -2.37. The highest BCUT2D eigenvalue weighted by Crippen LogP contribution is 2.18. The lowest BCUT2D eigenvalue weighted by atomic mass is 10.0. The number of nitrogens with zero attached hydrogens (tertiary/aromatic N) is 1. The molecule has 3 aromatic rings. The number of hydrogen-bond acceptors (Lipinski definition) is 3. The third kappa shape index (κ3) is 5.16. The van der Waals surface area contributed by atoms with Gasteiger partial charge in [-0.15, -0.1) is 0 Å². The van der Waals surface area contributed by atoms with Crippen molar-refractivity contribution in [3.8, 4) is 0 Å². The fraction of sp³-hybridized carbons (Fsp3) is 0.273. The largest absolute Gasteiger partial charge is 0.396 e. The van der Waals surface area contributed by atoms with Gasteiger partial charge in [-0.2, -0.15) is 0 Å². The number of halogens is 1. The van der Waals surface area contributed by atoms with Crippen LogP contribution in [0.1, 0.15) is 23.1 Å². The third-order valence-corrected chi connectivity index (χ3v) is 5.12. The Hall–Kier alpha value is -2.83. The van der Waals surface area contributed by atoms with Crippen LogP contribution >= 0.6 is 11.6 Å². The summed E-state index contributed by atoms with van der Waals surface area (Å²) in [6.45, 7) is 4.43. The van der Waals surface area contributed by atoms with Crippen molar-refractivity contribution < 1.29 is 9.90 Å². The Morgan fingerprint density at radius 3 is 2.52 bits per heavy atom. The molecule has 0 aliphatic heterocycles. The number of anilines is 1. The van der Waals surface area contributed by atoms with Gasteiger partial charge < -0.3 is 20.3 Å². The van der Waals surface area contributed by atoms with Crippen LogP contribution in [0.5, 0.6) is 0 Å². The summed E-state index contributed by atoms with van der Waals surface area (Å²) in [6.07, 6.45) is 0.415. The summed E-state index contributed by atoms with van der Waals surface area (Å²) in [5.74, 6) is 0. The molecule has 3 N–H and O–H groups in total. The molecule has 2 amide bonds. The third-order valence-electron chi connectivity index (χ3n) is 4.87. The number of carbonyl (C=O) groups excluding carboxylic acids is 1. The van der Waals surface area contributed by atoms with Gasteiger partial charge in [0.2, 0.25) is 0 Å². The van der Waals surface area contributed by atoms with Crippen molar-refractivity contribution in [2.24, 2.45) is 0 Å². The highest BCUT2D eigenvalue weighted by molar-refractivity contribution is 6.30. The summed E-state index contributed by atoms with van der Waals surface area (Å²) in [6, 6.07) is 12.2. The molecule has 2 aromatic carbocycles. The van der Waals surface area contributed by atoms with Crippen molar-refractivity contribution in [1.29, 1.82) is 0 Å². The number of nitrogens with one attached hydrogen (secondary N) is 2. The lowest BCUT2D eigenvalue weighted by molar-refractivity contribution is 0.199. The minimum atomic E-state index is -0.347. The minimum Gasteiger partial charge on any atom is -0.396 e. The summed E-state index contributed by atoms with van der Waals surface area (Å²) < 4.78 is 0. The number of benzene rings is 2. The second kappa shape index (κ2) is 9.11. The summed E-state index contributed by atoms with van der Waals surface area (Å²) >= 11 is 5.88. The molecule has 29 heavy (non-hydrogen) atoms. The number of aliphatic hydroxyl groups excluding tert-OH is 1. The number of fused-ring (bicyclic) bond motifs is 1. The number of rotatable bonds is 6. The monoisotopic (exact) mass is 413 g/mol. The van der Waals surface area contributed by atoms with Crippen molar-refractivity contribution in [1.82, 2.24) is 9.88 Å². The van der Waals surface area contributed by atoms with Crippen LogP contribution in [0, 0.1) is 13.8 Å². The topological polar surface area (TPSA) is 85.4 Å². The molecule has 3 rings (SSSR count). The Bertz CT molecular complexity index is 1080. The fourth-order valence-electron chi connectivity index (χ4n) is 3.09. The van der Waals surface area contributed by atoms with E-state index >= 15 is 0 Å². The van der Waals surface area contributed by atoms with E-state index in [1.807, 2.05) is 32.0 Å². The molecule has 152 valence electrons. The van der Waals surface area contributed by atoms with Gasteiger partial charge in [-0.3, -0.25) is 4.79 Å². The van der Waals surface area contributed by atoms with Gasteiger partial charge in [0, 0.05) is 34.9 Å². The van der Waals surface area contributed by atoms with Gasteiger partial charge in [-0.25, -0.2) is 4.79 Å². The number of aromatic amines is 1. The quantitative estimate of drug-likeness (QED) is 0.565. The molecule has 7 heteroatoms. The van der Waals surface area contributed by atoms with Gasteiger partial charge in [0.15, 0.2) is 0 Å². The van der Waals surface area contributed by atoms with E-state index < -0.39 is 0 Å². The zero-order chi connectivity index (χ0) is 21.0. The maximum atomic E-state index is 12.8. The van der Waals surface area contributed by atoms with Crippen molar-refractivity contribution >= 4 is 34.2 Å². The van der Waals surface area contributed by atoms with Gasteiger partial charge in [0.25, 0.3) is 5.56 Å². The molecule has 0 unspecified atom stereocenters. The van der Waals surface area contributed by atoms with E-state index in [0.717, 1.165) is 22.0 Å². The lowest BCUT2D eigenvalue weighted by Gasteiger charge is -2.23. The molecule has 0 aliphatic carbocycles. The average Bonchev–Trinajstić information content (AvgIpc) is 2.68. The number of aliphatic hydroxyl groups is 1. The van der Waals surface area contributed by atoms with Crippen molar-refractivity contribution in [3.63, 3.8) is 0 Å². The first kappa shape index (κ1) is 20.9. The van der Waals surface area contributed by atoms with Crippen LogP contribution in [0.15, 0.2) is 47.3 Å². The maximum Gasteiger partial charge on any atom is 0.322 e. The smallest absolute Gasteiger partial charge is 0.322 e. The number of aromatic nitrogens is 1. The van der Waals surface area contributed by atoms with E-state index in [2.05, 4.69) is 10.3 Å². The van der Waals surface area contributed by atoms with Gasteiger partial charge in [-0.05, 0) is 79.2 Å². The molecule has 0 bridgehead atoms. The molecular weight excluding hydrogens is 390 g/mol. The number of urea groups is 1. The molecule has 6 nitrogen and oxygen atoms in total. The van der Waals surface area contributed by atoms with Crippen LogP contribution < -0.4 is 10.9 Å². The SMILES string of the molecule is Cc1cc2cc(CN(CCCO)C(=O)Nc3ccc(Cl)cc3)c(=O)[nH]c2cc1C. The van der Waals surface area contributed by atoms with E-state index in [1.54, 1.807) is 24.3 Å². The first-order valence-electron chi connectivity index (χ1n) is 9.43. The number of pyridine rings is 1. The number of carbonyl (C=O) groups is 1. The van der Waals surface area contributed by atoms with Crippen LogP contribution in [0.3, 0.4) is 0 Å². The molecule has 0 fully saturated rings. The number of aryl methyl sites for hydroxylation is 2. The van der Waals surface area contributed by atoms with Crippen LogP contribution in [0.4, 0.5) is 10.5 Å². The zero-order valence-electron chi connectivity index (χ0n) is 16.5. The normalized spacial score (nSPS) is 10.9. The molecule has 0 aliphatic rings. The first-order chi connectivity index (χ1) is 13.9. The van der Waals surface area contributed by atoms with E-state index in [4.69, 9.17) is 11.6 Å². The van der Waals surface area contributed by atoms with Gasteiger partial charge in [0.05, 0.1) is 6.54 Å². The van der Waals surface area contributed by atoms with Crippen molar-refractivity contribution in [2.75, 3.05) is 18.5 Å². The van der Waals surface area contributed by atoms with Crippen LogP contribution in [0.25, 0.3) is 10.9 Å². The van der Waals surface area contributed by atoms with Gasteiger partial charge in [-0.1, -0.05) is 11.6 Å². The van der Waals surface area contributed by atoms with E-state index in [9.17, 15) is 14.7 Å². The Balaban J connectivity index is 1.86. The second-order valence-electron chi connectivity index (χ2n) is 7.08. The van der Waals surface area contributed by atoms with E-state index in [1.165, 1.54) is 4.90 Å². The minimum absolute atomic E-state index is 0.0444. The molecular formula is C22H24ClN3O3. The summed E-state index contributed by atoms with van der Waals surface area (Å²) in [5, 5.41) is 13.5. The Labute approximate surface area is 174 Å². The van der Waals surface area contributed by atoms with E-state index in [-0.39, 0.29) is 24.7 Å². The summed E-state index contributed by atoms with van der Waals surface area (Å²) in [4.78, 5) is 29.8. The number of H-pyrrole nitrogens is 1. The summed E-state index contributed by atoms with van der Waals surface area (Å²) in [7, 11) is 0. The Kier molecular flexibility index (Phi) is 6.56. The predicted octanol–water partition coefficient (Wildman–Crippen LogP) is 4.21. The highest BCUT2D eigenvalue weighted by atomic mass is 35.5. The molecule has 0 atom stereocenters. The molecule has 0 radical (unpaired) electrons. The average molecular weight is 414 g/mol. The molecule has 1 heterocycles. The molecule has 0 saturated heterocycles. The highest BCUT2D eigenvalue weighted by Gasteiger charge is 2.16. The number of hydrogen-bond donors (Lipinski definition) is 3. The van der Waals surface area contributed by atoms with Crippen molar-refractivity contribution in [3.05, 3.63) is 74.5 Å². The zero-order valence-corrected chi connectivity index (χ0v) is 17.2. The van der Waals surface area contributed by atoms with E-state index in [0.29, 0.717) is 29.2 Å². The van der Waals surface area contributed by atoms with Gasteiger partial charge >= 0.3 is 6.03 Å². The Morgan fingerprint density at radius 1 is 1.14 bits per heavy atom. The maximum absolute atomic E-state index is 12.8. The second-order valence-corrected chi connectivity index (χ2v) is 7.52. The van der Waals surface area contributed by atoms with Crippen LogP contribution in [-0.2, 0) is 6.54 Å². The molecule has 0 spiro atoms. The van der Waals surface area contributed by atoms with Gasteiger partial charge in [0.1, 0.15) is 0 Å². The van der Waals surface area contributed by atoms with Crippen LogP contribution in [-0.4, -0.2) is 34.2 Å². The van der Waals surface area contributed by atoms with Crippen molar-refractivity contribution in [2.45, 2.75) is 26.8 Å². The fourth-order valence-corrected chi connectivity index (χ4v) is 3.22. The predicted molar refractivity (Wildman–Crippen MR) is 117 cm³/mol.